The minimum Gasteiger partial charge on any atom is -0.466 e. The smallest absolute Gasteiger partial charge is 0.306 e. The zero-order valence-corrected chi connectivity index (χ0v) is 10.8. The molecule has 0 saturated carbocycles. The maximum absolute atomic E-state index is 11.4. The number of hydrogen-bond donors (Lipinski definition) is 1. The van der Waals surface area contributed by atoms with Crippen molar-refractivity contribution in [3.8, 4) is 0 Å². The van der Waals surface area contributed by atoms with Crippen molar-refractivity contribution in [1.29, 1.82) is 0 Å². The van der Waals surface area contributed by atoms with Crippen LogP contribution in [0.25, 0.3) is 0 Å². The topological polar surface area (TPSA) is 46.5 Å². The molecule has 3 nitrogen and oxygen atoms in total. The molecular formula is C15H22O3. The Hall–Kier alpha value is -1.35. The van der Waals surface area contributed by atoms with E-state index in [1.807, 2.05) is 30.3 Å². The van der Waals surface area contributed by atoms with Crippen LogP contribution in [0.5, 0.6) is 0 Å². The van der Waals surface area contributed by atoms with Crippen LogP contribution in [0.4, 0.5) is 0 Å². The summed E-state index contributed by atoms with van der Waals surface area (Å²) in [6.07, 6.45) is 4.91. The number of carbonyl (C=O) groups is 1. The molecule has 1 rings (SSSR count). The van der Waals surface area contributed by atoms with E-state index >= 15 is 0 Å². The molecule has 0 bridgehead atoms. The molecule has 0 amide bonds. The summed E-state index contributed by atoms with van der Waals surface area (Å²) in [5.74, 6) is -0.124. The van der Waals surface area contributed by atoms with Crippen LogP contribution in [0, 0.1) is 0 Å². The fraction of sp³-hybridized carbons (Fsp3) is 0.533. The lowest BCUT2D eigenvalue weighted by Crippen LogP contribution is -2.07. The molecule has 18 heavy (non-hydrogen) atoms. The van der Waals surface area contributed by atoms with Crippen LogP contribution in [-0.4, -0.2) is 24.3 Å². The van der Waals surface area contributed by atoms with E-state index < -0.39 is 0 Å². The Morgan fingerprint density at radius 2 is 1.78 bits per heavy atom. The molecule has 0 aliphatic heterocycles. The number of carbonyl (C=O) groups excluding carboxylic acids is 1. The number of hydrogen-bond acceptors (Lipinski definition) is 3. The molecule has 0 unspecified atom stereocenters. The molecule has 1 aromatic carbocycles. The van der Waals surface area contributed by atoms with Crippen LogP contribution in [0.15, 0.2) is 30.3 Å². The zero-order chi connectivity index (χ0) is 13.1. The first-order valence-electron chi connectivity index (χ1n) is 6.63. The third kappa shape index (κ3) is 7.07. The Kier molecular flexibility index (Phi) is 7.89. The van der Waals surface area contributed by atoms with Gasteiger partial charge in [0.25, 0.3) is 0 Å². The first kappa shape index (κ1) is 14.7. The molecule has 0 radical (unpaired) electrons. The van der Waals surface area contributed by atoms with Gasteiger partial charge in [0.2, 0.25) is 0 Å². The predicted octanol–water partition coefficient (Wildman–Crippen LogP) is 2.72. The molecule has 0 aliphatic rings. The van der Waals surface area contributed by atoms with Gasteiger partial charge in [-0.3, -0.25) is 4.79 Å². The van der Waals surface area contributed by atoms with E-state index in [1.54, 1.807) is 0 Å². The van der Waals surface area contributed by atoms with Gasteiger partial charge in [0, 0.05) is 13.0 Å². The van der Waals surface area contributed by atoms with Gasteiger partial charge in [-0.15, -0.1) is 0 Å². The Labute approximate surface area is 109 Å². The number of ether oxygens (including phenoxy) is 1. The maximum atomic E-state index is 11.4. The number of aliphatic hydroxyl groups is 1. The summed E-state index contributed by atoms with van der Waals surface area (Å²) in [6.45, 7) is 0.746. The highest BCUT2D eigenvalue weighted by atomic mass is 16.5. The van der Waals surface area contributed by atoms with E-state index in [2.05, 4.69) is 0 Å². The summed E-state index contributed by atoms with van der Waals surface area (Å²) in [6, 6.07) is 9.95. The number of unbranched alkanes of at least 4 members (excludes halogenated alkanes) is 3. The lowest BCUT2D eigenvalue weighted by Gasteiger charge is -2.04. The van der Waals surface area contributed by atoms with Crippen LogP contribution in [0.2, 0.25) is 0 Å². The summed E-state index contributed by atoms with van der Waals surface area (Å²) < 4.78 is 5.14. The average Bonchev–Trinajstić information content (AvgIpc) is 2.41. The largest absolute Gasteiger partial charge is 0.466 e. The summed E-state index contributed by atoms with van der Waals surface area (Å²) in [5.41, 5.74) is 1.16. The molecule has 3 heteroatoms. The lowest BCUT2D eigenvalue weighted by atomic mass is 10.1. The van der Waals surface area contributed by atoms with E-state index in [1.165, 1.54) is 0 Å². The zero-order valence-electron chi connectivity index (χ0n) is 10.8. The van der Waals surface area contributed by atoms with Gasteiger partial charge in [-0.1, -0.05) is 36.8 Å². The van der Waals surface area contributed by atoms with Crippen molar-refractivity contribution in [2.75, 3.05) is 13.2 Å². The van der Waals surface area contributed by atoms with Crippen LogP contribution in [0.1, 0.15) is 37.7 Å². The number of esters is 1. The molecule has 0 atom stereocenters. The molecule has 0 aromatic heterocycles. The van der Waals surface area contributed by atoms with Gasteiger partial charge in [-0.2, -0.15) is 0 Å². The third-order valence-electron chi connectivity index (χ3n) is 2.78. The number of aryl methyl sites for hydroxylation is 1. The van der Waals surface area contributed by atoms with Crippen LogP contribution >= 0.6 is 0 Å². The highest BCUT2D eigenvalue weighted by molar-refractivity contribution is 5.69. The van der Waals surface area contributed by atoms with Gasteiger partial charge in [-0.25, -0.2) is 0 Å². The first-order chi connectivity index (χ1) is 8.83. The van der Waals surface area contributed by atoms with Crippen LogP contribution < -0.4 is 0 Å². The van der Waals surface area contributed by atoms with Crippen molar-refractivity contribution < 1.29 is 14.6 Å². The SMILES string of the molecule is O=C(CCc1ccccc1)OCCCCCCO. The van der Waals surface area contributed by atoms with E-state index in [4.69, 9.17) is 9.84 Å². The van der Waals surface area contributed by atoms with Gasteiger partial charge in [0.05, 0.1) is 6.61 Å². The summed E-state index contributed by atoms with van der Waals surface area (Å²) in [7, 11) is 0. The van der Waals surface area contributed by atoms with Crippen molar-refractivity contribution in [1.82, 2.24) is 0 Å². The Morgan fingerprint density at radius 1 is 1.06 bits per heavy atom. The highest BCUT2D eigenvalue weighted by Gasteiger charge is 2.03. The fourth-order valence-electron chi connectivity index (χ4n) is 1.72. The quantitative estimate of drug-likeness (QED) is 0.541. The van der Waals surface area contributed by atoms with Gasteiger partial charge >= 0.3 is 5.97 Å². The number of aliphatic hydroxyl groups excluding tert-OH is 1. The molecule has 1 aromatic rings. The molecule has 0 heterocycles. The van der Waals surface area contributed by atoms with Gasteiger partial charge in [0.15, 0.2) is 0 Å². The monoisotopic (exact) mass is 250 g/mol. The normalized spacial score (nSPS) is 10.3. The fourth-order valence-corrected chi connectivity index (χ4v) is 1.72. The van der Waals surface area contributed by atoms with E-state index in [0.717, 1.165) is 37.7 Å². The summed E-state index contributed by atoms with van der Waals surface area (Å²) >= 11 is 0. The highest BCUT2D eigenvalue weighted by Crippen LogP contribution is 2.04. The number of benzene rings is 1. The molecule has 100 valence electrons. The minimum atomic E-state index is -0.124. The maximum Gasteiger partial charge on any atom is 0.306 e. The van der Waals surface area contributed by atoms with Crippen molar-refractivity contribution >= 4 is 5.97 Å². The molecular weight excluding hydrogens is 228 g/mol. The second kappa shape index (κ2) is 9.66. The van der Waals surface area contributed by atoms with Gasteiger partial charge < -0.3 is 9.84 Å². The Morgan fingerprint density at radius 3 is 2.50 bits per heavy atom. The average molecular weight is 250 g/mol. The Bertz CT molecular complexity index is 322. The molecule has 0 aliphatic carbocycles. The van der Waals surface area contributed by atoms with Gasteiger partial charge in [-0.05, 0) is 31.2 Å². The second-order valence-electron chi connectivity index (χ2n) is 4.34. The van der Waals surface area contributed by atoms with Crippen molar-refractivity contribution in [2.45, 2.75) is 38.5 Å². The molecule has 0 spiro atoms. The van der Waals surface area contributed by atoms with Crippen LogP contribution in [-0.2, 0) is 16.0 Å². The molecule has 0 fully saturated rings. The van der Waals surface area contributed by atoms with E-state index in [9.17, 15) is 4.79 Å². The predicted molar refractivity (Wildman–Crippen MR) is 71.3 cm³/mol. The second-order valence-corrected chi connectivity index (χ2v) is 4.34. The third-order valence-corrected chi connectivity index (χ3v) is 2.78. The number of rotatable bonds is 9. The van der Waals surface area contributed by atoms with Crippen molar-refractivity contribution in [3.05, 3.63) is 35.9 Å². The van der Waals surface area contributed by atoms with E-state index in [-0.39, 0.29) is 12.6 Å². The summed E-state index contributed by atoms with van der Waals surface area (Å²) in [4.78, 5) is 11.4. The summed E-state index contributed by atoms with van der Waals surface area (Å²) in [5, 5.41) is 8.60. The lowest BCUT2D eigenvalue weighted by molar-refractivity contribution is -0.143. The molecule has 0 saturated heterocycles. The van der Waals surface area contributed by atoms with Crippen LogP contribution in [0.3, 0.4) is 0 Å². The standard InChI is InChI=1S/C15H22O3/c16-12-6-1-2-7-13-18-15(17)11-10-14-8-4-3-5-9-14/h3-5,8-9,16H,1-2,6-7,10-13H2. The van der Waals surface area contributed by atoms with E-state index in [0.29, 0.717) is 13.0 Å². The minimum absolute atomic E-state index is 0.124. The van der Waals surface area contributed by atoms with Crippen molar-refractivity contribution in [3.63, 3.8) is 0 Å². The van der Waals surface area contributed by atoms with Gasteiger partial charge in [0.1, 0.15) is 0 Å². The first-order valence-corrected chi connectivity index (χ1v) is 6.63. The van der Waals surface area contributed by atoms with Crippen molar-refractivity contribution in [2.24, 2.45) is 0 Å². The molecule has 1 N–H and O–H groups in total. The Balaban J connectivity index is 2.01.